The molecule has 0 radical (unpaired) electrons. The summed E-state index contributed by atoms with van der Waals surface area (Å²) in [5, 5.41) is 2.12. The summed E-state index contributed by atoms with van der Waals surface area (Å²) >= 11 is 1.67. The first-order chi connectivity index (χ1) is 6.75. The zero-order chi connectivity index (χ0) is 9.97. The topological polar surface area (TPSA) is 42.1 Å². The fourth-order valence-corrected chi connectivity index (χ4v) is 2.53. The Balaban J connectivity index is 0.00000112. The van der Waals surface area contributed by atoms with Gasteiger partial charge in [0.25, 0.3) is 0 Å². The highest BCUT2D eigenvalue weighted by Crippen LogP contribution is 2.20. The zero-order valence-corrected chi connectivity index (χ0v) is 10.6. The average molecular weight is 248 g/mol. The lowest BCUT2D eigenvalue weighted by Gasteiger charge is -2.16. The van der Waals surface area contributed by atoms with Crippen LogP contribution in [0.3, 0.4) is 0 Å². The molecule has 0 aromatic carbocycles. The first-order valence-electron chi connectivity index (χ1n) is 5.10. The number of thiazole rings is 1. The molecular formula is C10H18ClN3S. The summed E-state index contributed by atoms with van der Waals surface area (Å²) in [5.74, 6) is 0.675. The minimum atomic E-state index is 0. The molecule has 15 heavy (non-hydrogen) atoms. The van der Waals surface area contributed by atoms with Crippen LogP contribution < -0.4 is 5.73 Å². The second kappa shape index (κ2) is 5.80. The van der Waals surface area contributed by atoms with Crippen LogP contribution in [0.25, 0.3) is 0 Å². The summed E-state index contributed by atoms with van der Waals surface area (Å²) < 4.78 is 0. The molecule has 1 aliphatic heterocycles. The smallest absolute Gasteiger partial charge is 0.0795 e. The molecule has 1 saturated heterocycles. The van der Waals surface area contributed by atoms with Crippen molar-refractivity contribution in [2.24, 2.45) is 11.7 Å². The van der Waals surface area contributed by atoms with E-state index in [2.05, 4.69) is 22.2 Å². The molecular weight excluding hydrogens is 230 g/mol. The predicted octanol–water partition coefficient (Wildman–Crippen LogP) is 1.73. The Morgan fingerprint density at radius 1 is 1.73 bits per heavy atom. The molecule has 1 aromatic heterocycles. The lowest BCUT2D eigenvalue weighted by atomic mass is 10.0. The molecule has 2 N–H and O–H groups in total. The minimum absolute atomic E-state index is 0. The molecule has 3 nitrogen and oxygen atoms in total. The van der Waals surface area contributed by atoms with E-state index in [0.717, 1.165) is 13.1 Å². The van der Waals surface area contributed by atoms with Crippen molar-refractivity contribution in [3.8, 4) is 0 Å². The molecule has 86 valence electrons. The summed E-state index contributed by atoms with van der Waals surface area (Å²) in [7, 11) is 0. The quantitative estimate of drug-likeness (QED) is 0.885. The van der Waals surface area contributed by atoms with Gasteiger partial charge in [0, 0.05) is 24.5 Å². The van der Waals surface area contributed by atoms with Gasteiger partial charge in [-0.15, -0.1) is 23.7 Å². The summed E-state index contributed by atoms with van der Waals surface area (Å²) in [4.78, 5) is 6.74. The van der Waals surface area contributed by atoms with Gasteiger partial charge < -0.3 is 5.73 Å². The normalized spacial score (nSPS) is 23.7. The fourth-order valence-electron chi connectivity index (χ4n) is 1.98. The fraction of sp³-hybridized carbons (Fsp3) is 0.700. The van der Waals surface area contributed by atoms with Crippen molar-refractivity contribution in [3.63, 3.8) is 0 Å². The molecule has 2 heterocycles. The van der Waals surface area contributed by atoms with E-state index in [1.807, 2.05) is 5.51 Å². The third-order valence-electron chi connectivity index (χ3n) is 2.92. The van der Waals surface area contributed by atoms with Gasteiger partial charge in [-0.3, -0.25) is 4.90 Å². The van der Waals surface area contributed by atoms with E-state index >= 15 is 0 Å². The second-order valence-corrected chi connectivity index (χ2v) is 4.84. The van der Waals surface area contributed by atoms with Crippen molar-refractivity contribution >= 4 is 23.7 Å². The van der Waals surface area contributed by atoms with Crippen molar-refractivity contribution in [1.82, 2.24) is 9.88 Å². The van der Waals surface area contributed by atoms with Crippen molar-refractivity contribution in [3.05, 3.63) is 16.6 Å². The number of halogens is 1. The number of hydrogen-bond donors (Lipinski definition) is 1. The molecule has 2 rings (SSSR count). The standard InChI is InChI=1S/C10H17N3S.ClH/c1-8(11)9-2-3-13(4-9)5-10-6-14-7-12-10;/h6-9H,2-5,11H2,1H3;1H. The molecule has 2 unspecified atom stereocenters. The molecule has 0 amide bonds. The molecule has 0 bridgehead atoms. The van der Waals surface area contributed by atoms with E-state index in [-0.39, 0.29) is 12.4 Å². The van der Waals surface area contributed by atoms with Crippen LogP contribution in [0.15, 0.2) is 10.9 Å². The highest BCUT2D eigenvalue weighted by molar-refractivity contribution is 7.07. The molecule has 0 aliphatic carbocycles. The van der Waals surface area contributed by atoms with Crippen molar-refractivity contribution in [2.75, 3.05) is 13.1 Å². The predicted molar refractivity (Wildman–Crippen MR) is 66.4 cm³/mol. The van der Waals surface area contributed by atoms with Crippen LogP contribution in [0.1, 0.15) is 19.0 Å². The first-order valence-corrected chi connectivity index (χ1v) is 6.05. The number of likely N-dealkylation sites (tertiary alicyclic amines) is 1. The molecule has 2 atom stereocenters. The summed E-state index contributed by atoms with van der Waals surface area (Å²) in [6.07, 6.45) is 1.24. The first kappa shape index (κ1) is 12.9. The third kappa shape index (κ3) is 3.41. The van der Waals surface area contributed by atoms with Gasteiger partial charge in [-0.05, 0) is 25.8 Å². The summed E-state index contributed by atoms with van der Waals surface area (Å²) in [5.41, 5.74) is 8.99. The van der Waals surface area contributed by atoms with Crippen molar-refractivity contribution in [2.45, 2.75) is 25.9 Å². The Morgan fingerprint density at radius 2 is 2.53 bits per heavy atom. The molecule has 1 aliphatic rings. The van der Waals surface area contributed by atoms with Gasteiger partial charge in [0.15, 0.2) is 0 Å². The largest absolute Gasteiger partial charge is 0.328 e. The van der Waals surface area contributed by atoms with E-state index in [1.165, 1.54) is 18.7 Å². The van der Waals surface area contributed by atoms with Crippen molar-refractivity contribution in [1.29, 1.82) is 0 Å². The zero-order valence-electron chi connectivity index (χ0n) is 8.93. The number of rotatable bonds is 3. The van der Waals surface area contributed by atoms with E-state index in [0.29, 0.717) is 12.0 Å². The van der Waals surface area contributed by atoms with Gasteiger partial charge in [0.1, 0.15) is 0 Å². The lowest BCUT2D eigenvalue weighted by Crippen LogP contribution is -2.29. The highest BCUT2D eigenvalue weighted by atomic mass is 35.5. The van der Waals surface area contributed by atoms with Gasteiger partial charge in [-0.25, -0.2) is 4.98 Å². The molecule has 1 aromatic rings. The monoisotopic (exact) mass is 247 g/mol. The van der Waals surface area contributed by atoms with Gasteiger partial charge in [-0.2, -0.15) is 0 Å². The van der Waals surface area contributed by atoms with Crippen LogP contribution in [-0.2, 0) is 6.54 Å². The molecule has 0 spiro atoms. The van der Waals surface area contributed by atoms with E-state index in [4.69, 9.17) is 5.73 Å². The Hall–Kier alpha value is -0.160. The van der Waals surface area contributed by atoms with Gasteiger partial charge in [0.2, 0.25) is 0 Å². The third-order valence-corrected chi connectivity index (χ3v) is 3.56. The highest BCUT2D eigenvalue weighted by Gasteiger charge is 2.25. The van der Waals surface area contributed by atoms with Crippen molar-refractivity contribution < 1.29 is 0 Å². The van der Waals surface area contributed by atoms with Crippen LogP contribution in [0.2, 0.25) is 0 Å². The van der Waals surface area contributed by atoms with Crippen LogP contribution in [0.4, 0.5) is 0 Å². The van der Waals surface area contributed by atoms with Crippen LogP contribution in [0, 0.1) is 5.92 Å². The Kier molecular flexibility index (Phi) is 4.99. The number of nitrogens with zero attached hydrogens (tertiary/aromatic N) is 2. The number of hydrogen-bond acceptors (Lipinski definition) is 4. The van der Waals surface area contributed by atoms with E-state index < -0.39 is 0 Å². The Labute approximate surface area is 101 Å². The maximum absolute atomic E-state index is 5.89. The SMILES string of the molecule is CC(N)C1CCN(Cc2cscn2)C1.Cl. The number of aromatic nitrogens is 1. The second-order valence-electron chi connectivity index (χ2n) is 4.12. The van der Waals surface area contributed by atoms with Crippen LogP contribution in [-0.4, -0.2) is 29.0 Å². The maximum Gasteiger partial charge on any atom is 0.0795 e. The minimum Gasteiger partial charge on any atom is -0.328 e. The Bertz CT molecular complexity index is 276. The van der Waals surface area contributed by atoms with Crippen LogP contribution in [0.5, 0.6) is 0 Å². The maximum atomic E-state index is 5.89. The van der Waals surface area contributed by atoms with Gasteiger partial charge in [-0.1, -0.05) is 0 Å². The van der Waals surface area contributed by atoms with Crippen LogP contribution >= 0.6 is 23.7 Å². The molecule has 0 saturated carbocycles. The van der Waals surface area contributed by atoms with Gasteiger partial charge in [0.05, 0.1) is 11.2 Å². The average Bonchev–Trinajstić information content (AvgIpc) is 2.75. The number of nitrogens with two attached hydrogens (primary N) is 1. The van der Waals surface area contributed by atoms with Gasteiger partial charge >= 0.3 is 0 Å². The van der Waals surface area contributed by atoms with E-state index in [9.17, 15) is 0 Å². The molecule has 1 fully saturated rings. The Morgan fingerprint density at radius 3 is 3.07 bits per heavy atom. The lowest BCUT2D eigenvalue weighted by molar-refractivity contribution is 0.305. The molecule has 5 heteroatoms. The summed E-state index contributed by atoms with van der Waals surface area (Å²) in [6.45, 7) is 5.41. The summed E-state index contributed by atoms with van der Waals surface area (Å²) in [6, 6.07) is 0.329. The van der Waals surface area contributed by atoms with E-state index in [1.54, 1.807) is 11.3 Å².